The average Bonchev–Trinajstić information content (AvgIpc) is 1.54. The van der Waals surface area contributed by atoms with Crippen LogP contribution in [0.3, 0.4) is 0 Å². The van der Waals surface area contributed by atoms with Crippen molar-refractivity contribution >= 4 is 90.2 Å². The first-order chi connectivity index (χ1) is 60.1. The summed E-state index contributed by atoms with van der Waals surface area (Å²) in [5, 5.41) is 4.28. The van der Waals surface area contributed by atoms with E-state index in [4.69, 9.17) is 18.3 Å². The molecule has 0 amide bonds. The molecule has 0 bridgehead atoms. The smallest absolute Gasteiger partial charge is 0.143 e. The van der Waals surface area contributed by atoms with Crippen LogP contribution < -0.4 is 19.3 Å². The zero-order valence-electron chi connectivity index (χ0n) is 66.1. The lowest BCUT2D eigenvalue weighted by molar-refractivity contribution is 0.482. The minimum atomic E-state index is -0.897. The van der Waals surface area contributed by atoms with E-state index in [1.54, 1.807) is 24.3 Å². The van der Waals surface area contributed by atoms with Gasteiger partial charge in [0.2, 0.25) is 0 Å². The Bertz CT molecular complexity index is 7000. The highest BCUT2D eigenvalue weighted by Gasteiger charge is 2.48. The molecule has 2 aliphatic rings. The van der Waals surface area contributed by atoms with Gasteiger partial charge in [-0.1, -0.05) is 280 Å². The normalized spacial score (nSPS) is 14.3. The molecule has 2 atom stereocenters. The number of hydrogen-bond acceptors (Lipinski definition) is 6. The Hall–Kier alpha value is -15.9. The predicted octanol–water partition coefficient (Wildman–Crippen LogP) is 31.3. The highest BCUT2D eigenvalue weighted by Crippen LogP contribution is 2.60. The number of furan rings is 2. The van der Waals surface area contributed by atoms with Crippen molar-refractivity contribution in [2.24, 2.45) is 0 Å². The first-order valence-electron chi connectivity index (χ1n) is 41.0. The quantitative estimate of drug-likeness (QED) is 0.0804. The fourth-order valence-electron chi connectivity index (χ4n) is 19.0. The molecule has 578 valence electrons. The molecule has 0 saturated heterocycles. The maximum absolute atomic E-state index is 15.4. The second-order valence-electron chi connectivity index (χ2n) is 31.3. The molecule has 22 rings (SSSR count). The molecule has 0 aliphatic heterocycles. The third-order valence-electron chi connectivity index (χ3n) is 24.7. The Labute approximate surface area is 704 Å². The van der Waals surface area contributed by atoms with Crippen LogP contribution in [0.1, 0.15) is 55.6 Å². The maximum Gasteiger partial charge on any atom is 0.143 e. The number of benzene rings is 18. The Morgan fingerprint density at radius 1 is 0.246 bits per heavy atom. The predicted molar refractivity (Wildman–Crippen MR) is 494 cm³/mol. The van der Waals surface area contributed by atoms with Crippen LogP contribution in [0.15, 0.2) is 435 Å². The van der Waals surface area contributed by atoms with Crippen LogP contribution in [0.4, 0.5) is 42.9 Å². The number of nitrogens with zero attached hydrogens (tertiary/aromatic N) is 2. The van der Waals surface area contributed by atoms with Crippen molar-refractivity contribution in [1.82, 2.24) is 0 Å². The molecular formula is C114H74F2N2O4. The molecule has 0 spiro atoms. The van der Waals surface area contributed by atoms with Gasteiger partial charge in [-0.25, -0.2) is 8.78 Å². The van der Waals surface area contributed by atoms with Gasteiger partial charge in [-0.15, -0.1) is 0 Å². The van der Waals surface area contributed by atoms with Crippen molar-refractivity contribution in [3.05, 3.63) is 493 Å². The summed E-state index contributed by atoms with van der Waals surface area (Å²) in [4.78, 5) is 4.67. The summed E-state index contributed by atoms with van der Waals surface area (Å²) in [5.74, 6) is 2.17. The van der Waals surface area contributed by atoms with E-state index in [0.717, 1.165) is 189 Å². The van der Waals surface area contributed by atoms with E-state index in [-0.39, 0.29) is 11.6 Å². The highest BCUT2D eigenvalue weighted by molar-refractivity contribution is 6.11. The molecule has 2 unspecified atom stereocenters. The van der Waals surface area contributed by atoms with Crippen LogP contribution in [0.5, 0.6) is 23.0 Å². The number of ether oxygens (including phenoxy) is 2. The number of halogens is 2. The van der Waals surface area contributed by atoms with E-state index in [2.05, 4.69) is 290 Å². The summed E-state index contributed by atoms with van der Waals surface area (Å²) in [6.45, 7) is 7.87. The molecule has 0 N–H and O–H groups in total. The summed E-state index contributed by atoms with van der Waals surface area (Å²) < 4.78 is 57.1. The lowest BCUT2D eigenvalue weighted by Gasteiger charge is -2.35. The molecule has 2 aliphatic carbocycles. The number of fused-ring (bicyclic) bond motifs is 12. The largest absolute Gasteiger partial charge is 0.457 e. The molecule has 0 fully saturated rings. The third kappa shape index (κ3) is 12.1. The van der Waals surface area contributed by atoms with Gasteiger partial charge in [0, 0.05) is 66.8 Å². The molecule has 18 aromatic carbocycles. The van der Waals surface area contributed by atoms with Crippen LogP contribution in [-0.2, 0) is 10.8 Å². The van der Waals surface area contributed by atoms with Crippen molar-refractivity contribution in [3.8, 4) is 78.6 Å². The van der Waals surface area contributed by atoms with Crippen molar-refractivity contribution in [2.75, 3.05) is 9.80 Å². The van der Waals surface area contributed by atoms with Crippen molar-refractivity contribution < 1.29 is 27.1 Å². The van der Waals surface area contributed by atoms with Gasteiger partial charge in [0.1, 0.15) is 57.0 Å². The second-order valence-corrected chi connectivity index (χ2v) is 31.3. The Morgan fingerprint density at radius 2 is 0.533 bits per heavy atom. The van der Waals surface area contributed by atoms with Gasteiger partial charge in [-0.3, -0.25) is 0 Å². The highest BCUT2D eigenvalue weighted by atomic mass is 19.1. The lowest BCUT2D eigenvalue weighted by atomic mass is 9.67. The first-order valence-corrected chi connectivity index (χ1v) is 41.0. The lowest BCUT2D eigenvalue weighted by Crippen LogP contribution is -2.28. The van der Waals surface area contributed by atoms with Gasteiger partial charge in [0.05, 0.1) is 10.8 Å². The van der Waals surface area contributed by atoms with E-state index in [9.17, 15) is 0 Å². The van der Waals surface area contributed by atoms with Gasteiger partial charge < -0.3 is 28.1 Å². The Kier molecular flexibility index (Phi) is 17.6. The number of anilines is 6. The minimum Gasteiger partial charge on any atom is -0.457 e. The summed E-state index contributed by atoms with van der Waals surface area (Å²) in [6, 6.07) is 142. The zero-order valence-corrected chi connectivity index (χ0v) is 66.1. The van der Waals surface area contributed by atoms with Crippen molar-refractivity contribution in [2.45, 2.75) is 10.8 Å². The monoisotopic (exact) mass is 1570 g/mol. The average molecular weight is 1570 g/mol. The van der Waals surface area contributed by atoms with E-state index >= 15 is 8.78 Å². The van der Waals surface area contributed by atoms with Gasteiger partial charge >= 0.3 is 0 Å². The third-order valence-corrected chi connectivity index (χ3v) is 24.7. The SMILES string of the molecule is C=Cc1ccc(Oc2ccc(C3(c4ccc(F)cc4)c4ccccc4-c4ccc(N(c5ccc(-c6ccc(N(c7ccc(-c8cccc9c8oc8ccccc89)cc7)c7ccc8c(c7)C(c7ccc(F)cc7)(c7ccc(Oc9ccc(C=C)cc9)cc7)c7ccccc7-8)cc6)cc5)c5ccc(-c6cccc7c6oc6ccccc67)cc5)cc43)cc2)cc1. The molecule has 2 heterocycles. The van der Waals surface area contributed by atoms with Crippen LogP contribution in [0.2, 0.25) is 0 Å². The van der Waals surface area contributed by atoms with E-state index in [1.807, 2.05) is 133 Å². The van der Waals surface area contributed by atoms with Gasteiger partial charge in [0.15, 0.2) is 0 Å². The van der Waals surface area contributed by atoms with Gasteiger partial charge in [0.25, 0.3) is 0 Å². The molecule has 122 heavy (non-hydrogen) atoms. The zero-order chi connectivity index (χ0) is 81.6. The first kappa shape index (κ1) is 72.5. The molecular weight excluding hydrogens is 1500 g/mol. The molecule has 8 heteroatoms. The van der Waals surface area contributed by atoms with Gasteiger partial charge in [-0.2, -0.15) is 0 Å². The summed E-state index contributed by atoms with van der Waals surface area (Å²) in [7, 11) is 0. The van der Waals surface area contributed by atoms with Crippen LogP contribution in [0, 0.1) is 11.6 Å². The van der Waals surface area contributed by atoms with Crippen LogP contribution >= 0.6 is 0 Å². The van der Waals surface area contributed by atoms with Gasteiger partial charge in [-0.05, 0) is 258 Å². The molecule has 20 aromatic rings. The van der Waals surface area contributed by atoms with E-state index in [1.165, 1.54) is 0 Å². The Morgan fingerprint density at radius 3 is 0.893 bits per heavy atom. The number of hydrogen-bond donors (Lipinski definition) is 0. The fraction of sp³-hybridized carbons (Fsp3) is 0.0175. The summed E-state index contributed by atoms with van der Waals surface area (Å²) in [6.07, 6.45) is 3.63. The molecule has 2 aromatic heterocycles. The molecule has 0 saturated carbocycles. The van der Waals surface area contributed by atoms with Crippen molar-refractivity contribution in [3.63, 3.8) is 0 Å². The molecule has 0 radical (unpaired) electrons. The van der Waals surface area contributed by atoms with Crippen LogP contribution in [-0.4, -0.2) is 0 Å². The van der Waals surface area contributed by atoms with Crippen molar-refractivity contribution in [1.29, 1.82) is 0 Å². The standard InChI is InChI=1S/C114H74F2N2O4/c1-3-73-27-61-91(62-28-73)119-93-65-43-81(44-66-93)113(79-39-47-83(115)48-40-79)105-23-9-5-15-97(105)99-69-59-89(71-107(99)113)117(87-55-35-77(36-56-87)95-19-13-21-103-101-17-7-11-25-109(101)121-111(95)103)85-51-31-75(32-52-85)76-33-53-86(54-34-76)118(88-57-37-78(38-58-88)96-20-14-22-104-102-18-8-12-26-110(102)122-112(96)104)90-60-70-100-98-16-6-10-24-106(98)114(108(100)72-90,80-41-49-84(116)50-42-80)82-45-67-94(68-46-82)120-92-63-29-74(4-2)30-64-92/h3-72H,1-2H2. The maximum atomic E-state index is 15.4. The fourth-order valence-corrected chi connectivity index (χ4v) is 19.0. The summed E-state index contributed by atoms with van der Waals surface area (Å²) >= 11 is 0. The number of para-hydroxylation sites is 4. The van der Waals surface area contributed by atoms with Crippen LogP contribution in [0.25, 0.3) is 112 Å². The molecule has 6 nitrogen and oxygen atoms in total. The minimum absolute atomic E-state index is 0.314. The topological polar surface area (TPSA) is 51.2 Å². The number of rotatable bonds is 19. The van der Waals surface area contributed by atoms with E-state index in [0.29, 0.717) is 23.0 Å². The van der Waals surface area contributed by atoms with E-state index < -0.39 is 10.8 Å². The summed E-state index contributed by atoms with van der Waals surface area (Å²) in [5.41, 5.74) is 27.7. The Balaban J connectivity index is 0.665. The second kappa shape index (κ2) is 29.6.